The SMILES string of the molecule is COc1cc(Nc2cc(C3CC3)cn([C@@H](C)c3ccc(Cl)s3)c2=O)ccc1-n1cnc(C)c1. The van der Waals surface area contributed by atoms with Gasteiger partial charge in [0.05, 0.1) is 35.2 Å². The number of imidazole rings is 1. The number of hydrogen-bond acceptors (Lipinski definition) is 5. The van der Waals surface area contributed by atoms with Crippen molar-refractivity contribution >= 4 is 34.3 Å². The zero-order valence-corrected chi connectivity index (χ0v) is 20.3. The molecule has 0 saturated heterocycles. The van der Waals surface area contributed by atoms with Gasteiger partial charge < -0.3 is 19.2 Å². The van der Waals surface area contributed by atoms with Gasteiger partial charge in [0.2, 0.25) is 0 Å². The van der Waals surface area contributed by atoms with E-state index in [2.05, 4.69) is 10.3 Å². The molecule has 6 nitrogen and oxygen atoms in total. The van der Waals surface area contributed by atoms with Crippen LogP contribution in [-0.2, 0) is 0 Å². The lowest BCUT2D eigenvalue weighted by molar-refractivity contribution is 0.413. The monoisotopic (exact) mass is 480 g/mol. The van der Waals surface area contributed by atoms with Crippen LogP contribution in [0, 0.1) is 6.92 Å². The molecule has 1 fully saturated rings. The summed E-state index contributed by atoms with van der Waals surface area (Å²) in [6.45, 7) is 3.98. The molecule has 1 aliphatic carbocycles. The van der Waals surface area contributed by atoms with Crippen molar-refractivity contribution in [3.05, 3.63) is 85.9 Å². The molecule has 1 saturated carbocycles. The Labute approximate surface area is 201 Å². The zero-order chi connectivity index (χ0) is 23.1. The zero-order valence-electron chi connectivity index (χ0n) is 18.7. The second-order valence-corrected chi connectivity index (χ2v) is 10.2. The van der Waals surface area contributed by atoms with Gasteiger partial charge in [0.15, 0.2) is 0 Å². The van der Waals surface area contributed by atoms with Crippen molar-refractivity contribution in [2.24, 2.45) is 0 Å². The molecule has 0 radical (unpaired) electrons. The van der Waals surface area contributed by atoms with E-state index in [1.807, 2.05) is 71.8 Å². The van der Waals surface area contributed by atoms with Crippen LogP contribution in [0.2, 0.25) is 4.34 Å². The van der Waals surface area contributed by atoms with E-state index in [0.29, 0.717) is 17.4 Å². The highest BCUT2D eigenvalue weighted by Gasteiger charge is 2.26. The first-order chi connectivity index (χ1) is 15.9. The van der Waals surface area contributed by atoms with Crippen LogP contribution in [0.4, 0.5) is 11.4 Å². The highest BCUT2D eigenvalue weighted by atomic mass is 35.5. The minimum atomic E-state index is -0.101. The lowest BCUT2D eigenvalue weighted by Crippen LogP contribution is -2.25. The summed E-state index contributed by atoms with van der Waals surface area (Å²) in [7, 11) is 1.64. The number of halogens is 1. The van der Waals surface area contributed by atoms with E-state index < -0.39 is 0 Å². The standard InChI is InChI=1S/C25H25ClN4O2S/c1-15-12-29(14-27-15)21-7-6-19(11-22(21)32-3)28-20-10-18(17-4-5-17)13-30(25(20)31)16(2)23-8-9-24(26)33-23/h6-14,16-17,28H,4-5H2,1-3H3/t16-/m0/s1. The van der Waals surface area contributed by atoms with Crippen LogP contribution >= 0.6 is 22.9 Å². The average molecular weight is 481 g/mol. The van der Waals surface area contributed by atoms with Crippen molar-refractivity contribution < 1.29 is 4.74 Å². The van der Waals surface area contributed by atoms with Crippen molar-refractivity contribution in [1.82, 2.24) is 14.1 Å². The van der Waals surface area contributed by atoms with Crippen molar-refractivity contribution in [2.75, 3.05) is 12.4 Å². The molecule has 3 heterocycles. The summed E-state index contributed by atoms with van der Waals surface area (Å²) in [6.07, 6.45) is 8.03. The van der Waals surface area contributed by atoms with Gasteiger partial charge in [-0.2, -0.15) is 0 Å². The number of ether oxygens (including phenoxy) is 1. The largest absolute Gasteiger partial charge is 0.494 e. The summed E-state index contributed by atoms with van der Waals surface area (Å²) in [4.78, 5) is 18.8. The van der Waals surface area contributed by atoms with Crippen LogP contribution in [-0.4, -0.2) is 21.2 Å². The minimum Gasteiger partial charge on any atom is -0.494 e. The molecule has 1 atom stereocenters. The molecule has 8 heteroatoms. The third-order valence-corrected chi connectivity index (χ3v) is 7.39. The van der Waals surface area contributed by atoms with Crippen LogP contribution in [0.1, 0.15) is 47.9 Å². The van der Waals surface area contributed by atoms with Crippen LogP contribution in [0.15, 0.2) is 59.9 Å². The van der Waals surface area contributed by atoms with Gasteiger partial charge in [-0.15, -0.1) is 11.3 Å². The van der Waals surface area contributed by atoms with Crippen LogP contribution < -0.4 is 15.6 Å². The lowest BCUT2D eigenvalue weighted by atomic mass is 10.1. The van der Waals surface area contributed by atoms with E-state index in [9.17, 15) is 4.79 Å². The Morgan fingerprint density at radius 3 is 2.67 bits per heavy atom. The minimum absolute atomic E-state index is 0.0651. The highest BCUT2D eigenvalue weighted by Crippen LogP contribution is 2.41. The molecule has 0 bridgehead atoms. The van der Waals surface area contributed by atoms with E-state index in [0.717, 1.165) is 39.1 Å². The summed E-state index contributed by atoms with van der Waals surface area (Å²) in [6, 6.07) is 11.6. The summed E-state index contributed by atoms with van der Waals surface area (Å²) in [5.74, 6) is 1.20. The number of aryl methyl sites for hydroxylation is 1. The molecular weight excluding hydrogens is 456 g/mol. The van der Waals surface area contributed by atoms with Gasteiger partial charge in [-0.3, -0.25) is 4.79 Å². The Morgan fingerprint density at radius 2 is 2.03 bits per heavy atom. The summed E-state index contributed by atoms with van der Waals surface area (Å²) < 4.78 is 10.1. The fraction of sp³-hybridized carbons (Fsp3) is 0.280. The second kappa shape index (κ2) is 8.72. The number of benzene rings is 1. The molecule has 0 aliphatic heterocycles. The van der Waals surface area contributed by atoms with E-state index in [1.165, 1.54) is 16.9 Å². The third kappa shape index (κ3) is 4.43. The number of nitrogens with zero attached hydrogens (tertiary/aromatic N) is 3. The molecule has 4 aromatic rings. The smallest absolute Gasteiger partial charge is 0.274 e. The first-order valence-corrected chi connectivity index (χ1v) is 12.1. The maximum atomic E-state index is 13.5. The van der Waals surface area contributed by atoms with Gasteiger partial charge in [0.1, 0.15) is 11.4 Å². The van der Waals surface area contributed by atoms with Crippen molar-refractivity contribution in [3.63, 3.8) is 0 Å². The lowest BCUT2D eigenvalue weighted by Gasteiger charge is -2.18. The molecule has 1 aliphatic rings. The van der Waals surface area contributed by atoms with Crippen LogP contribution in [0.25, 0.3) is 5.69 Å². The van der Waals surface area contributed by atoms with Crippen LogP contribution in [0.3, 0.4) is 0 Å². The van der Waals surface area contributed by atoms with E-state index in [1.54, 1.807) is 13.4 Å². The number of hydrogen-bond donors (Lipinski definition) is 1. The maximum Gasteiger partial charge on any atom is 0.274 e. The number of thiophene rings is 1. The quantitative estimate of drug-likeness (QED) is 0.337. The first-order valence-electron chi connectivity index (χ1n) is 10.9. The Balaban J connectivity index is 1.51. The van der Waals surface area contributed by atoms with E-state index >= 15 is 0 Å². The summed E-state index contributed by atoms with van der Waals surface area (Å²) >= 11 is 7.66. The highest BCUT2D eigenvalue weighted by molar-refractivity contribution is 7.16. The maximum absolute atomic E-state index is 13.5. The average Bonchev–Trinajstić information content (AvgIpc) is 3.43. The van der Waals surface area contributed by atoms with Gasteiger partial charge in [-0.05, 0) is 68.5 Å². The second-order valence-electron chi connectivity index (χ2n) is 8.43. The van der Waals surface area contributed by atoms with Crippen LogP contribution in [0.5, 0.6) is 5.75 Å². The molecular formula is C25H25ClN4O2S. The fourth-order valence-electron chi connectivity index (χ4n) is 4.01. The fourth-order valence-corrected chi connectivity index (χ4v) is 5.12. The van der Waals surface area contributed by atoms with E-state index in [4.69, 9.17) is 16.3 Å². The van der Waals surface area contributed by atoms with Crippen molar-refractivity contribution in [2.45, 2.75) is 38.6 Å². The molecule has 170 valence electrons. The molecule has 5 rings (SSSR count). The van der Waals surface area contributed by atoms with Gasteiger partial charge in [-0.25, -0.2) is 4.98 Å². The predicted molar refractivity (Wildman–Crippen MR) is 134 cm³/mol. The number of anilines is 2. The van der Waals surface area contributed by atoms with Gasteiger partial charge >= 0.3 is 0 Å². The molecule has 1 aromatic carbocycles. The Morgan fingerprint density at radius 1 is 1.21 bits per heavy atom. The molecule has 0 spiro atoms. The number of nitrogens with one attached hydrogen (secondary N) is 1. The van der Waals surface area contributed by atoms with Gasteiger partial charge in [-0.1, -0.05) is 11.6 Å². The Kier molecular flexibility index (Phi) is 5.76. The van der Waals surface area contributed by atoms with Gasteiger partial charge in [0, 0.05) is 29.0 Å². The van der Waals surface area contributed by atoms with Crippen molar-refractivity contribution in [3.8, 4) is 11.4 Å². The molecule has 1 N–H and O–H groups in total. The molecule has 3 aromatic heterocycles. The summed E-state index contributed by atoms with van der Waals surface area (Å²) in [5, 5.41) is 3.34. The predicted octanol–water partition coefficient (Wildman–Crippen LogP) is 6.30. The molecule has 33 heavy (non-hydrogen) atoms. The topological polar surface area (TPSA) is 61.1 Å². The first kappa shape index (κ1) is 21.8. The third-order valence-electron chi connectivity index (χ3n) is 5.98. The van der Waals surface area contributed by atoms with E-state index in [-0.39, 0.29) is 11.6 Å². The van der Waals surface area contributed by atoms with Crippen molar-refractivity contribution in [1.29, 1.82) is 0 Å². The normalized spacial score (nSPS) is 14.3. The molecule has 0 amide bonds. The number of methoxy groups -OCH3 is 1. The number of pyridine rings is 1. The molecule has 0 unspecified atom stereocenters. The number of aromatic nitrogens is 3. The summed E-state index contributed by atoms with van der Waals surface area (Å²) in [5.41, 5.74) is 4.28. The number of rotatable bonds is 7. The Hall–Kier alpha value is -3.03. The Bertz CT molecular complexity index is 1370. The van der Waals surface area contributed by atoms with Gasteiger partial charge in [0.25, 0.3) is 5.56 Å².